The molecule has 0 saturated carbocycles. The lowest BCUT2D eigenvalue weighted by Crippen LogP contribution is -2.28. The van der Waals surface area contributed by atoms with Gasteiger partial charge in [-0.2, -0.15) is 0 Å². The van der Waals surface area contributed by atoms with Gasteiger partial charge in [0.15, 0.2) is 0 Å². The highest BCUT2D eigenvalue weighted by Crippen LogP contribution is 1.96. The summed E-state index contributed by atoms with van der Waals surface area (Å²) in [5.74, 6) is 0. The summed E-state index contributed by atoms with van der Waals surface area (Å²) in [4.78, 5) is 0. The average Bonchev–Trinajstić information content (AvgIpc) is 1.59. The van der Waals surface area contributed by atoms with Crippen molar-refractivity contribution in [2.75, 3.05) is 6.54 Å². The quantitative estimate of drug-likeness (QED) is 0.505. The first-order chi connectivity index (χ1) is 3.56. The van der Waals surface area contributed by atoms with Gasteiger partial charge in [0.05, 0.1) is 0 Å². The lowest BCUT2D eigenvalue weighted by molar-refractivity contribution is 0.652. The third-order valence-electron chi connectivity index (χ3n) is 0.683. The lowest BCUT2D eigenvalue weighted by Gasteiger charge is -2.10. The Hall–Kier alpha value is -0.340. The molecule has 0 unspecified atom stereocenters. The fraction of sp³-hybridized carbons (Fsp3) is 0.667. The first-order valence-corrected chi connectivity index (χ1v) is 2.73. The SMILES string of the molecule is CC(C)(N)C=CCN. The zero-order valence-corrected chi connectivity index (χ0v) is 5.52. The third kappa shape index (κ3) is 5.66. The van der Waals surface area contributed by atoms with Crippen molar-refractivity contribution in [2.24, 2.45) is 11.5 Å². The maximum atomic E-state index is 5.58. The Morgan fingerprint density at radius 1 is 1.50 bits per heavy atom. The van der Waals surface area contributed by atoms with E-state index in [1.807, 2.05) is 26.0 Å². The van der Waals surface area contributed by atoms with Crippen LogP contribution < -0.4 is 11.5 Å². The monoisotopic (exact) mass is 114 g/mol. The summed E-state index contributed by atoms with van der Waals surface area (Å²) in [5.41, 5.74) is 10.6. The van der Waals surface area contributed by atoms with E-state index in [-0.39, 0.29) is 5.54 Å². The van der Waals surface area contributed by atoms with Gasteiger partial charge in [0, 0.05) is 12.1 Å². The highest BCUT2D eigenvalue weighted by atomic mass is 14.7. The number of nitrogens with two attached hydrogens (primary N) is 2. The molecule has 0 amide bonds. The molecule has 0 saturated heterocycles. The Balaban J connectivity index is 3.52. The molecule has 0 aliphatic rings. The van der Waals surface area contributed by atoms with Gasteiger partial charge in [-0.3, -0.25) is 0 Å². The fourth-order valence-electron chi connectivity index (χ4n) is 0.372. The summed E-state index contributed by atoms with van der Waals surface area (Å²) in [6, 6.07) is 0. The van der Waals surface area contributed by atoms with Crippen molar-refractivity contribution < 1.29 is 0 Å². The second-order valence-corrected chi connectivity index (χ2v) is 2.46. The van der Waals surface area contributed by atoms with Crippen molar-refractivity contribution in [1.82, 2.24) is 0 Å². The molecule has 48 valence electrons. The van der Waals surface area contributed by atoms with E-state index >= 15 is 0 Å². The maximum Gasteiger partial charge on any atom is 0.0282 e. The zero-order valence-electron chi connectivity index (χ0n) is 5.52. The second-order valence-electron chi connectivity index (χ2n) is 2.46. The molecule has 0 aromatic rings. The molecule has 0 atom stereocenters. The minimum atomic E-state index is -0.209. The first-order valence-electron chi connectivity index (χ1n) is 2.73. The van der Waals surface area contributed by atoms with Gasteiger partial charge < -0.3 is 11.5 Å². The van der Waals surface area contributed by atoms with Crippen molar-refractivity contribution in [3.63, 3.8) is 0 Å². The van der Waals surface area contributed by atoms with Crippen LogP contribution in [0.25, 0.3) is 0 Å². The Kier molecular flexibility index (Phi) is 2.72. The van der Waals surface area contributed by atoms with Crippen LogP contribution in [0.1, 0.15) is 13.8 Å². The van der Waals surface area contributed by atoms with Crippen LogP contribution in [0.4, 0.5) is 0 Å². The van der Waals surface area contributed by atoms with Crippen LogP contribution >= 0.6 is 0 Å². The van der Waals surface area contributed by atoms with E-state index < -0.39 is 0 Å². The van der Waals surface area contributed by atoms with Crippen LogP contribution in [0.15, 0.2) is 12.2 Å². The molecule has 0 heterocycles. The van der Waals surface area contributed by atoms with E-state index in [0.29, 0.717) is 6.54 Å². The lowest BCUT2D eigenvalue weighted by atomic mass is 10.1. The van der Waals surface area contributed by atoms with Gasteiger partial charge in [0.25, 0.3) is 0 Å². The maximum absolute atomic E-state index is 5.58. The summed E-state index contributed by atoms with van der Waals surface area (Å²) in [6.07, 6.45) is 3.76. The molecule has 2 nitrogen and oxygen atoms in total. The molecule has 0 aromatic heterocycles. The van der Waals surface area contributed by atoms with Crippen LogP contribution in [0, 0.1) is 0 Å². The van der Waals surface area contributed by atoms with Crippen LogP contribution in [0.5, 0.6) is 0 Å². The first kappa shape index (κ1) is 7.66. The molecule has 0 spiro atoms. The van der Waals surface area contributed by atoms with Crippen molar-refractivity contribution in [1.29, 1.82) is 0 Å². The van der Waals surface area contributed by atoms with Gasteiger partial charge in [0.1, 0.15) is 0 Å². The molecule has 0 rings (SSSR count). The van der Waals surface area contributed by atoms with Gasteiger partial charge in [0.2, 0.25) is 0 Å². The largest absolute Gasteiger partial charge is 0.327 e. The van der Waals surface area contributed by atoms with Gasteiger partial charge in [-0.1, -0.05) is 12.2 Å². The Bertz CT molecular complexity index is 79.0. The van der Waals surface area contributed by atoms with Crippen LogP contribution in [0.2, 0.25) is 0 Å². The van der Waals surface area contributed by atoms with Crippen molar-refractivity contribution >= 4 is 0 Å². The third-order valence-corrected chi connectivity index (χ3v) is 0.683. The Morgan fingerprint density at radius 2 is 2.00 bits per heavy atom. The smallest absolute Gasteiger partial charge is 0.0282 e. The van der Waals surface area contributed by atoms with Gasteiger partial charge in [-0.25, -0.2) is 0 Å². The summed E-state index contributed by atoms with van der Waals surface area (Å²) >= 11 is 0. The van der Waals surface area contributed by atoms with Crippen molar-refractivity contribution in [2.45, 2.75) is 19.4 Å². The van der Waals surface area contributed by atoms with Gasteiger partial charge in [-0.15, -0.1) is 0 Å². The van der Waals surface area contributed by atoms with E-state index in [4.69, 9.17) is 11.5 Å². The predicted octanol–water partition coefficient (Wildman–Crippen LogP) is 0.239. The summed E-state index contributed by atoms with van der Waals surface area (Å²) in [6.45, 7) is 4.43. The van der Waals surface area contributed by atoms with E-state index in [1.165, 1.54) is 0 Å². The predicted molar refractivity (Wildman–Crippen MR) is 36.5 cm³/mol. The minimum Gasteiger partial charge on any atom is -0.327 e. The van der Waals surface area contributed by atoms with Crippen molar-refractivity contribution in [3.05, 3.63) is 12.2 Å². The number of hydrogen-bond donors (Lipinski definition) is 2. The molecule has 8 heavy (non-hydrogen) atoms. The molecular weight excluding hydrogens is 100 g/mol. The topological polar surface area (TPSA) is 52.0 Å². The van der Waals surface area contributed by atoms with Crippen LogP contribution in [0.3, 0.4) is 0 Å². The molecule has 0 bridgehead atoms. The molecular formula is C6H14N2. The summed E-state index contributed by atoms with van der Waals surface area (Å²) in [5, 5.41) is 0. The number of rotatable bonds is 2. The molecule has 0 aliphatic heterocycles. The Morgan fingerprint density at radius 3 is 2.12 bits per heavy atom. The second kappa shape index (κ2) is 2.84. The summed E-state index contributed by atoms with van der Waals surface area (Å²) in [7, 11) is 0. The van der Waals surface area contributed by atoms with E-state index in [2.05, 4.69) is 0 Å². The molecule has 0 aliphatic carbocycles. The minimum absolute atomic E-state index is 0.209. The highest BCUT2D eigenvalue weighted by Gasteiger charge is 2.01. The molecule has 2 heteroatoms. The number of hydrogen-bond acceptors (Lipinski definition) is 2. The standard InChI is InChI=1S/C6H14N2/c1-6(2,8)4-3-5-7/h3-4H,5,7-8H2,1-2H3. The van der Waals surface area contributed by atoms with E-state index in [1.54, 1.807) is 0 Å². The molecule has 0 radical (unpaired) electrons. The van der Waals surface area contributed by atoms with Crippen LogP contribution in [-0.4, -0.2) is 12.1 Å². The fourth-order valence-corrected chi connectivity index (χ4v) is 0.372. The average molecular weight is 114 g/mol. The molecule has 4 N–H and O–H groups in total. The van der Waals surface area contributed by atoms with E-state index in [0.717, 1.165) is 0 Å². The zero-order chi connectivity index (χ0) is 6.62. The molecule has 0 aromatic carbocycles. The summed E-state index contributed by atoms with van der Waals surface area (Å²) < 4.78 is 0. The normalized spacial score (nSPS) is 13.0. The van der Waals surface area contributed by atoms with Gasteiger partial charge in [-0.05, 0) is 13.8 Å². The highest BCUT2D eigenvalue weighted by molar-refractivity contribution is 4.98. The van der Waals surface area contributed by atoms with E-state index in [9.17, 15) is 0 Å². The van der Waals surface area contributed by atoms with Crippen LogP contribution in [-0.2, 0) is 0 Å². The Labute approximate surface area is 50.6 Å². The molecule has 0 fully saturated rings. The van der Waals surface area contributed by atoms with Gasteiger partial charge >= 0.3 is 0 Å². The van der Waals surface area contributed by atoms with Crippen molar-refractivity contribution in [3.8, 4) is 0 Å².